The summed E-state index contributed by atoms with van der Waals surface area (Å²) in [6.07, 6.45) is 0.834. The molecule has 1 aromatic carbocycles. The Balaban J connectivity index is 2.81. The van der Waals surface area contributed by atoms with Crippen LogP contribution in [0.2, 0.25) is 0 Å². The highest BCUT2D eigenvalue weighted by Gasteiger charge is 2.06. The molecule has 0 amide bonds. The van der Waals surface area contributed by atoms with Crippen LogP contribution in [0, 0.1) is 13.8 Å². The van der Waals surface area contributed by atoms with Gasteiger partial charge in [-0.15, -0.1) is 0 Å². The summed E-state index contributed by atoms with van der Waals surface area (Å²) in [4.78, 5) is 2.31. The van der Waals surface area contributed by atoms with Crippen LogP contribution in [0.25, 0.3) is 0 Å². The number of nitrogens with zero attached hydrogens (tertiary/aromatic N) is 1. The highest BCUT2D eigenvalue weighted by atomic mass is 16.3. The first-order valence-electron chi connectivity index (χ1n) is 5.62. The summed E-state index contributed by atoms with van der Waals surface area (Å²) >= 11 is 0. The van der Waals surface area contributed by atoms with Gasteiger partial charge in [0, 0.05) is 25.4 Å². The molecule has 84 valence electrons. The van der Waals surface area contributed by atoms with Crippen LogP contribution in [-0.2, 0) is 0 Å². The molecule has 0 unspecified atom stereocenters. The molecule has 1 aromatic rings. The number of hydrogen-bond acceptors (Lipinski definition) is 2. The third-order valence-electron chi connectivity index (χ3n) is 2.66. The molecule has 15 heavy (non-hydrogen) atoms. The lowest BCUT2D eigenvalue weighted by atomic mass is 10.1. The standard InChI is InChI=1S/C13H21NO/c1-4-14(8-5-9-15)13-7-6-11(2)10-12(13)3/h6-7,10,15H,4-5,8-9H2,1-3H3. The van der Waals surface area contributed by atoms with Crippen LogP contribution in [0.4, 0.5) is 5.69 Å². The molecule has 0 aliphatic heterocycles. The SMILES string of the molecule is CCN(CCCO)c1ccc(C)cc1C. The molecule has 0 bridgehead atoms. The molecule has 1 N–H and O–H groups in total. The van der Waals surface area contributed by atoms with Gasteiger partial charge in [0.2, 0.25) is 0 Å². The smallest absolute Gasteiger partial charge is 0.0447 e. The monoisotopic (exact) mass is 207 g/mol. The fourth-order valence-corrected chi connectivity index (χ4v) is 1.87. The first-order chi connectivity index (χ1) is 7.19. The summed E-state index contributed by atoms with van der Waals surface area (Å²) in [5, 5.41) is 8.84. The van der Waals surface area contributed by atoms with Gasteiger partial charge in [0.15, 0.2) is 0 Å². The van der Waals surface area contributed by atoms with E-state index in [1.54, 1.807) is 0 Å². The maximum Gasteiger partial charge on any atom is 0.0447 e. The van der Waals surface area contributed by atoms with Crippen LogP contribution in [0.1, 0.15) is 24.5 Å². The molecule has 0 fully saturated rings. The molecule has 0 spiro atoms. The van der Waals surface area contributed by atoms with E-state index in [-0.39, 0.29) is 6.61 Å². The molecule has 1 rings (SSSR count). The Morgan fingerprint density at radius 1 is 1.27 bits per heavy atom. The summed E-state index contributed by atoms with van der Waals surface area (Å²) in [7, 11) is 0. The number of hydrogen-bond donors (Lipinski definition) is 1. The zero-order valence-corrected chi connectivity index (χ0v) is 9.95. The second kappa shape index (κ2) is 5.76. The molecule has 0 radical (unpaired) electrons. The lowest BCUT2D eigenvalue weighted by Crippen LogP contribution is -2.25. The fourth-order valence-electron chi connectivity index (χ4n) is 1.87. The van der Waals surface area contributed by atoms with Gasteiger partial charge < -0.3 is 10.0 Å². The Bertz CT molecular complexity index is 309. The molecule has 2 heteroatoms. The fraction of sp³-hybridized carbons (Fsp3) is 0.538. The van der Waals surface area contributed by atoms with Crippen LogP contribution in [0.5, 0.6) is 0 Å². The van der Waals surface area contributed by atoms with Crippen LogP contribution >= 0.6 is 0 Å². The Hall–Kier alpha value is -1.02. The van der Waals surface area contributed by atoms with Crippen LogP contribution in [0.3, 0.4) is 0 Å². The van der Waals surface area contributed by atoms with Crippen LogP contribution < -0.4 is 4.90 Å². The van der Waals surface area contributed by atoms with Gasteiger partial charge in [-0.1, -0.05) is 17.7 Å². The Morgan fingerprint density at radius 3 is 2.53 bits per heavy atom. The topological polar surface area (TPSA) is 23.5 Å². The summed E-state index contributed by atoms with van der Waals surface area (Å²) in [5.74, 6) is 0. The Kier molecular flexibility index (Phi) is 4.63. The van der Waals surface area contributed by atoms with Crippen molar-refractivity contribution >= 4 is 5.69 Å². The van der Waals surface area contributed by atoms with Gasteiger partial charge in [0.1, 0.15) is 0 Å². The van der Waals surface area contributed by atoms with Crippen molar-refractivity contribution in [3.05, 3.63) is 29.3 Å². The average molecular weight is 207 g/mol. The number of benzene rings is 1. The van der Waals surface area contributed by atoms with E-state index in [0.717, 1.165) is 19.5 Å². The number of anilines is 1. The van der Waals surface area contributed by atoms with E-state index in [9.17, 15) is 0 Å². The van der Waals surface area contributed by atoms with Gasteiger partial charge >= 0.3 is 0 Å². The van der Waals surface area contributed by atoms with Crippen molar-refractivity contribution in [3.8, 4) is 0 Å². The highest BCUT2D eigenvalue weighted by Crippen LogP contribution is 2.20. The predicted octanol–water partition coefficient (Wildman–Crippen LogP) is 2.51. The second-order valence-corrected chi connectivity index (χ2v) is 3.95. The van der Waals surface area contributed by atoms with Crippen molar-refractivity contribution in [2.75, 3.05) is 24.6 Å². The molecule has 2 nitrogen and oxygen atoms in total. The molecule has 0 aromatic heterocycles. The first-order valence-corrected chi connectivity index (χ1v) is 5.62. The number of rotatable bonds is 5. The van der Waals surface area contributed by atoms with Gasteiger partial charge in [-0.05, 0) is 38.8 Å². The molecule has 0 atom stereocenters. The zero-order valence-electron chi connectivity index (χ0n) is 9.95. The van der Waals surface area contributed by atoms with Gasteiger partial charge in [0.25, 0.3) is 0 Å². The van der Waals surface area contributed by atoms with E-state index in [0.29, 0.717) is 0 Å². The first kappa shape index (κ1) is 12.1. The number of aryl methyl sites for hydroxylation is 2. The van der Waals surface area contributed by atoms with E-state index in [1.165, 1.54) is 16.8 Å². The Morgan fingerprint density at radius 2 is 2.00 bits per heavy atom. The lowest BCUT2D eigenvalue weighted by molar-refractivity contribution is 0.289. The summed E-state index contributed by atoms with van der Waals surface area (Å²) in [6, 6.07) is 6.52. The van der Waals surface area contributed by atoms with Crippen molar-refractivity contribution in [2.24, 2.45) is 0 Å². The molecular formula is C13H21NO. The summed E-state index contributed by atoms with van der Waals surface area (Å²) < 4.78 is 0. The third kappa shape index (κ3) is 3.24. The maximum atomic E-state index is 8.84. The lowest BCUT2D eigenvalue weighted by Gasteiger charge is -2.24. The third-order valence-corrected chi connectivity index (χ3v) is 2.66. The van der Waals surface area contributed by atoms with Gasteiger partial charge in [-0.2, -0.15) is 0 Å². The van der Waals surface area contributed by atoms with Crippen molar-refractivity contribution < 1.29 is 5.11 Å². The molecule has 0 saturated heterocycles. The summed E-state index contributed by atoms with van der Waals surface area (Å²) in [5.41, 5.74) is 3.90. The molecule has 0 aliphatic rings. The largest absolute Gasteiger partial charge is 0.396 e. The normalized spacial score (nSPS) is 10.4. The predicted molar refractivity (Wildman–Crippen MR) is 65.5 cm³/mol. The minimum atomic E-state index is 0.265. The van der Waals surface area contributed by atoms with Crippen LogP contribution in [-0.4, -0.2) is 24.8 Å². The van der Waals surface area contributed by atoms with Gasteiger partial charge in [0.05, 0.1) is 0 Å². The Labute approximate surface area is 92.5 Å². The van der Waals surface area contributed by atoms with Gasteiger partial charge in [-0.3, -0.25) is 0 Å². The van der Waals surface area contributed by atoms with E-state index < -0.39 is 0 Å². The zero-order chi connectivity index (χ0) is 11.3. The van der Waals surface area contributed by atoms with E-state index in [1.807, 2.05) is 0 Å². The minimum Gasteiger partial charge on any atom is -0.396 e. The van der Waals surface area contributed by atoms with Crippen molar-refractivity contribution in [2.45, 2.75) is 27.2 Å². The molecule has 0 heterocycles. The van der Waals surface area contributed by atoms with Crippen molar-refractivity contribution in [1.82, 2.24) is 0 Å². The second-order valence-electron chi connectivity index (χ2n) is 3.95. The molecular weight excluding hydrogens is 186 g/mol. The number of aliphatic hydroxyl groups excluding tert-OH is 1. The maximum absolute atomic E-state index is 8.84. The minimum absolute atomic E-state index is 0.265. The van der Waals surface area contributed by atoms with Crippen LogP contribution in [0.15, 0.2) is 18.2 Å². The number of aliphatic hydroxyl groups is 1. The van der Waals surface area contributed by atoms with E-state index in [4.69, 9.17) is 5.11 Å². The van der Waals surface area contributed by atoms with Crippen molar-refractivity contribution in [1.29, 1.82) is 0 Å². The molecule has 0 aliphatic carbocycles. The molecule has 0 saturated carbocycles. The van der Waals surface area contributed by atoms with Gasteiger partial charge in [-0.25, -0.2) is 0 Å². The quantitative estimate of drug-likeness (QED) is 0.802. The van der Waals surface area contributed by atoms with E-state index in [2.05, 4.69) is 43.9 Å². The van der Waals surface area contributed by atoms with Crippen molar-refractivity contribution in [3.63, 3.8) is 0 Å². The van der Waals surface area contributed by atoms with E-state index >= 15 is 0 Å². The highest BCUT2D eigenvalue weighted by molar-refractivity contribution is 5.54. The summed E-state index contributed by atoms with van der Waals surface area (Å²) in [6.45, 7) is 8.59. The average Bonchev–Trinajstić information content (AvgIpc) is 2.21.